The van der Waals surface area contributed by atoms with E-state index in [1.54, 1.807) is 23.1 Å². The van der Waals surface area contributed by atoms with Gasteiger partial charge < -0.3 is 14.5 Å². The summed E-state index contributed by atoms with van der Waals surface area (Å²) in [4.78, 5) is 16.7. The summed E-state index contributed by atoms with van der Waals surface area (Å²) in [6, 6.07) is 10.5. The molecular formula is C24H27FN4O4S. The molecule has 2 fully saturated rings. The third-order valence-electron chi connectivity index (χ3n) is 6.46. The van der Waals surface area contributed by atoms with Gasteiger partial charge in [-0.2, -0.15) is 5.26 Å². The van der Waals surface area contributed by atoms with Gasteiger partial charge in [0.1, 0.15) is 5.82 Å². The normalized spacial score (nSPS) is 16.7. The molecule has 10 heteroatoms. The van der Waals surface area contributed by atoms with E-state index in [-0.39, 0.29) is 28.5 Å². The van der Waals surface area contributed by atoms with Crippen LogP contribution in [0.15, 0.2) is 41.3 Å². The summed E-state index contributed by atoms with van der Waals surface area (Å²) < 4.78 is 44.0. The summed E-state index contributed by atoms with van der Waals surface area (Å²) in [6.45, 7) is 2.28. The first kappa shape index (κ1) is 24.1. The van der Waals surface area contributed by atoms with Gasteiger partial charge in [-0.15, -0.1) is 0 Å². The van der Waals surface area contributed by atoms with E-state index in [1.165, 1.54) is 24.6 Å². The number of hydrogen-bond donors (Lipinski definition) is 1. The largest absolute Gasteiger partial charge is 0.376 e. The van der Waals surface area contributed by atoms with Crippen LogP contribution in [0.25, 0.3) is 0 Å². The predicted octanol–water partition coefficient (Wildman–Crippen LogP) is 2.62. The molecule has 8 nitrogen and oxygen atoms in total. The van der Waals surface area contributed by atoms with E-state index in [0.29, 0.717) is 50.0 Å². The van der Waals surface area contributed by atoms with Gasteiger partial charge in [0.2, 0.25) is 10.0 Å². The van der Waals surface area contributed by atoms with Crippen LogP contribution in [0.3, 0.4) is 0 Å². The summed E-state index contributed by atoms with van der Waals surface area (Å²) in [5.41, 5.74) is 1.49. The Balaban J connectivity index is 1.48. The Labute approximate surface area is 198 Å². The van der Waals surface area contributed by atoms with Gasteiger partial charge in [-0.1, -0.05) is 12.5 Å². The standard InChI is InChI=1S/C24H27FN4O4S/c25-22-12-18(14-26)4-7-23(22)28-8-10-29(11-9-28)24(30)21-13-20(34(27,31)32)6-5-19(21)16-33-15-17-2-1-3-17/h4-7,12-13,17H,1-3,8-11,15-16H2,(H2,27,31,32). The van der Waals surface area contributed by atoms with E-state index in [2.05, 4.69) is 0 Å². The average molecular weight is 487 g/mol. The first-order chi connectivity index (χ1) is 16.3. The molecule has 1 heterocycles. The molecule has 0 radical (unpaired) electrons. The Morgan fingerprint density at radius 1 is 1.15 bits per heavy atom. The smallest absolute Gasteiger partial charge is 0.254 e. The first-order valence-electron chi connectivity index (χ1n) is 11.2. The Kier molecular flexibility index (Phi) is 7.16. The SMILES string of the molecule is N#Cc1ccc(N2CCN(C(=O)c3cc(S(N)(=O)=O)ccc3COCC3CCC3)CC2)c(F)c1. The van der Waals surface area contributed by atoms with Crippen LogP contribution >= 0.6 is 0 Å². The third-order valence-corrected chi connectivity index (χ3v) is 7.37. The van der Waals surface area contributed by atoms with E-state index in [9.17, 15) is 17.6 Å². The topological polar surface area (TPSA) is 117 Å². The lowest BCUT2D eigenvalue weighted by atomic mass is 9.86. The van der Waals surface area contributed by atoms with Crippen LogP contribution in [0.2, 0.25) is 0 Å². The van der Waals surface area contributed by atoms with Crippen LogP contribution in [-0.2, 0) is 21.4 Å². The molecule has 0 unspecified atom stereocenters. The number of rotatable bonds is 7. The molecule has 0 bridgehead atoms. The lowest BCUT2D eigenvalue weighted by Crippen LogP contribution is -2.49. The highest BCUT2D eigenvalue weighted by molar-refractivity contribution is 7.89. The maximum Gasteiger partial charge on any atom is 0.254 e. The number of ether oxygens (including phenoxy) is 1. The maximum atomic E-state index is 14.4. The monoisotopic (exact) mass is 486 g/mol. The van der Waals surface area contributed by atoms with Gasteiger partial charge in [0.15, 0.2) is 0 Å². The fraction of sp³-hybridized carbons (Fsp3) is 0.417. The van der Waals surface area contributed by atoms with Crippen LogP contribution in [-0.4, -0.2) is 52.0 Å². The van der Waals surface area contributed by atoms with Crippen LogP contribution in [0.5, 0.6) is 0 Å². The van der Waals surface area contributed by atoms with E-state index in [1.807, 2.05) is 11.0 Å². The number of primary sulfonamides is 1. The predicted molar refractivity (Wildman–Crippen MR) is 124 cm³/mol. The lowest BCUT2D eigenvalue weighted by molar-refractivity contribution is 0.0577. The van der Waals surface area contributed by atoms with Gasteiger partial charge in [0.25, 0.3) is 5.91 Å². The highest BCUT2D eigenvalue weighted by Crippen LogP contribution is 2.27. The van der Waals surface area contributed by atoms with Crippen LogP contribution < -0.4 is 10.0 Å². The molecule has 1 saturated heterocycles. The van der Waals surface area contributed by atoms with Gasteiger partial charge >= 0.3 is 0 Å². The second kappa shape index (κ2) is 10.1. The number of anilines is 1. The minimum atomic E-state index is -3.97. The number of hydrogen-bond acceptors (Lipinski definition) is 6. The molecule has 1 saturated carbocycles. The number of carbonyl (C=O) groups excluding carboxylic acids is 1. The number of carbonyl (C=O) groups is 1. The molecule has 180 valence electrons. The molecule has 2 aromatic rings. The number of nitrogens with zero attached hydrogens (tertiary/aromatic N) is 3. The van der Waals surface area contributed by atoms with Crippen molar-refractivity contribution in [3.8, 4) is 6.07 Å². The molecule has 34 heavy (non-hydrogen) atoms. The third kappa shape index (κ3) is 5.38. The number of sulfonamides is 1. The number of halogens is 1. The fourth-order valence-electron chi connectivity index (χ4n) is 4.21. The molecule has 4 rings (SSSR count). The molecular weight excluding hydrogens is 459 g/mol. The Bertz CT molecular complexity index is 1220. The van der Waals surface area contributed by atoms with Crippen LogP contribution in [0, 0.1) is 23.1 Å². The molecule has 0 aromatic heterocycles. The van der Waals surface area contributed by atoms with Gasteiger partial charge in [0.05, 0.1) is 28.8 Å². The van der Waals surface area contributed by atoms with Crippen molar-refractivity contribution in [3.63, 3.8) is 0 Å². The van der Waals surface area contributed by atoms with Crippen molar-refractivity contribution in [1.29, 1.82) is 5.26 Å². The molecule has 1 aliphatic heterocycles. The van der Waals surface area contributed by atoms with E-state index < -0.39 is 15.8 Å². The summed E-state index contributed by atoms with van der Waals surface area (Å²) in [6.07, 6.45) is 3.49. The Morgan fingerprint density at radius 3 is 2.47 bits per heavy atom. The Hall–Kier alpha value is -3.00. The highest BCUT2D eigenvalue weighted by atomic mass is 32.2. The fourth-order valence-corrected chi connectivity index (χ4v) is 4.75. The minimum Gasteiger partial charge on any atom is -0.376 e. The lowest BCUT2D eigenvalue weighted by Gasteiger charge is -2.36. The Morgan fingerprint density at radius 2 is 1.88 bits per heavy atom. The molecule has 2 aromatic carbocycles. The summed E-state index contributed by atoms with van der Waals surface area (Å²) in [5.74, 6) is -0.253. The minimum absolute atomic E-state index is 0.128. The van der Waals surface area contributed by atoms with Gasteiger partial charge in [-0.05, 0) is 54.7 Å². The zero-order chi connectivity index (χ0) is 24.3. The average Bonchev–Trinajstić information content (AvgIpc) is 2.79. The quantitative estimate of drug-likeness (QED) is 0.643. The van der Waals surface area contributed by atoms with Crippen molar-refractivity contribution in [2.24, 2.45) is 11.1 Å². The van der Waals surface area contributed by atoms with Crippen molar-refractivity contribution in [2.75, 3.05) is 37.7 Å². The molecule has 0 atom stereocenters. The molecule has 1 amide bonds. The number of benzene rings is 2. The molecule has 2 N–H and O–H groups in total. The van der Waals surface area contributed by atoms with Gasteiger partial charge in [-0.3, -0.25) is 4.79 Å². The highest BCUT2D eigenvalue weighted by Gasteiger charge is 2.27. The molecule has 2 aliphatic rings. The van der Waals surface area contributed by atoms with Crippen molar-refractivity contribution in [3.05, 3.63) is 58.9 Å². The van der Waals surface area contributed by atoms with Crippen LogP contribution in [0.1, 0.15) is 40.7 Å². The number of nitrogens with two attached hydrogens (primary N) is 1. The summed E-state index contributed by atoms with van der Waals surface area (Å²) in [7, 11) is -3.97. The summed E-state index contributed by atoms with van der Waals surface area (Å²) in [5, 5.41) is 14.2. The van der Waals surface area contributed by atoms with Gasteiger partial charge in [-0.25, -0.2) is 17.9 Å². The van der Waals surface area contributed by atoms with E-state index in [0.717, 1.165) is 12.8 Å². The van der Waals surface area contributed by atoms with Crippen molar-refractivity contribution in [1.82, 2.24) is 4.90 Å². The zero-order valence-electron chi connectivity index (χ0n) is 18.7. The van der Waals surface area contributed by atoms with Crippen LogP contribution in [0.4, 0.5) is 10.1 Å². The second-order valence-corrected chi connectivity index (χ2v) is 10.3. The van der Waals surface area contributed by atoms with E-state index in [4.69, 9.17) is 15.1 Å². The van der Waals surface area contributed by atoms with Gasteiger partial charge in [0, 0.05) is 38.3 Å². The number of amides is 1. The van der Waals surface area contributed by atoms with Crippen molar-refractivity contribution >= 4 is 21.6 Å². The molecule has 0 spiro atoms. The van der Waals surface area contributed by atoms with Crippen molar-refractivity contribution < 1.29 is 22.3 Å². The summed E-state index contributed by atoms with van der Waals surface area (Å²) >= 11 is 0. The number of piperazine rings is 1. The van der Waals surface area contributed by atoms with E-state index >= 15 is 0 Å². The van der Waals surface area contributed by atoms with Crippen molar-refractivity contribution in [2.45, 2.75) is 30.8 Å². The zero-order valence-corrected chi connectivity index (χ0v) is 19.6. The second-order valence-electron chi connectivity index (χ2n) is 8.73. The first-order valence-corrected chi connectivity index (χ1v) is 12.8. The molecule has 1 aliphatic carbocycles. The number of nitriles is 1. The maximum absolute atomic E-state index is 14.4.